The van der Waals surface area contributed by atoms with Gasteiger partial charge in [0.25, 0.3) is 0 Å². The second-order valence-corrected chi connectivity index (χ2v) is 3.43. The molecule has 0 aliphatic rings. The van der Waals surface area contributed by atoms with E-state index in [9.17, 15) is 18.0 Å². The number of nitrogens with zero attached hydrogens (tertiary/aromatic N) is 2. The fourth-order valence-corrected chi connectivity index (χ4v) is 1.30. The fourth-order valence-electron chi connectivity index (χ4n) is 0.879. The molecular formula is C7H6BrF3N2O2. The number of aromatic nitrogens is 2. The predicted octanol–water partition coefficient (Wildman–Crippen LogP) is 1.99. The molecule has 0 aromatic carbocycles. The number of hydrogen-bond donors (Lipinski definition) is 0. The van der Waals surface area contributed by atoms with Crippen LogP contribution in [0.3, 0.4) is 0 Å². The Kier molecular flexibility index (Phi) is 3.38. The normalized spacial score (nSPS) is 11.5. The molecule has 4 nitrogen and oxygen atoms in total. The molecule has 1 heterocycles. The average molecular weight is 287 g/mol. The zero-order chi connectivity index (χ0) is 11.6. The lowest BCUT2D eigenvalue weighted by molar-refractivity contribution is -0.143. The standard InChI is InChI=1S/C7H6BrF3N2O2/c1-15-6(14)4-2-5(8)13(12-4)3-7(9,10)11/h2H,3H2,1H3. The van der Waals surface area contributed by atoms with Crippen molar-refractivity contribution < 1.29 is 22.7 Å². The first-order valence-electron chi connectivity index (χ1n) is 3.72. The molecule has 1 rings (SSSR count). The van der Waals surface area contributed by atoms with Gasteiger partial charge in [0.15, 0.2) is 5.69 Å². The molecule has 0 N–H and O–H groups in total. The first kappa shape index (κ1) is 12.0. The third kappa shape index (κ3) is 3.22. The number of carbonyl (C=O) groups is 1. The lowest BCUT2D eigenvalue weighted by Crippen LogP contribution is -2.19. The summed E-state index contributed by atoms with van der Waals surface area (Å²) in [7, 11) is 1.12. The first-order valence-corrected chi connectivity index (χ1v) is 4.51. The molecule has 0 aliphatic heterocycles. The van der Waals surface area contributed by atoms with E-state index in [1.54, 1.807) is 0 Å². The molecule has 0 radical (unpaired) electrons. The SMILES string of the molecule is COC(=O)c1cc(Br)n(CC(F)(F)F)n1. The molecular weight excluding hydrogens is 281 g/mol. The Bertz CT molecular complexity index is 375. The number of methoxy groups -OCH3 is 1. The Morgan fingerprint density at radius 2 is 2.27 bits per heavy atom. The summed E-state index contributed by atoms with van der Waals surface area (Å²) in [6.45, 7) is -1.26. The number of esters is 1. The molecule has 0 aliphatic carbocycles. The first-order chi connectivity index (χ1) is 6.83. The molecule has 15 heavy (non-hydrogen) atoms. The van der Waals surface area contributed by atoms with Gasteiger partial charge in [-0.3, -0.25) is 0 Å². The second kappa shape index (κ2) is 4.21. The number of carbonyl (C=O) groups excluding carboxylic acids is 1. The minimum atomic E-state index is -4.39. The van der Waals surface area contributed by atoms with Gasteiger partial charge in [0.1, 0.15) is 11.1 Å². The Hall–Kier alpha value is -1.05. The summed E-state index contributed by atoms with van der Waals surface area (Å²) in [6, 6.07) is 1.16. The van der Waals surface area contributed by atoms with Crippen LogP contribution in [0.4, 0.5) is 13.2 Å². The lowest BCUT2D eigenvalue weighted by Gasteiger charge is -2.06. The number of halogens is 4. The van der Waals surface area contributed by atoms with Gasteiger partial charge in [-0.05, 0) is 15.9 Å². The summed E-state index contributed by atoms with van der Waals surface area (Å²) in [6.07, 6.45) is -4.39. The van der Waals surface area contributed by atoms with Crippen LogP contribution in [-0.2, 0) is 11.3 Å². The molecule has 0 fully saturated rings. The van der Waals surface area contributed by atoms with E-state index in [2.05, 4.69) is 25.8 Å². The van der Waals surface area contributed by atoms with Crippen LogP contribution in [0.1, 0.15) is 10.5 Å². The number of alkyl halides is 3. The van der Waals surface area contributed by atoms with Gasteiger partial charge in [-0.15, -0.1) is 0 Å². The predicted molar refractivity (Wildman–Crippen MR) is 47.3 cm³/mol. The third-order valence-electron chi connectivity index (χ3n) is 1.45. The quantitative estimate of drug-likeness (QED) is 0.781. The van der Waals surface area contributed by atoms with E-state index in [-0.39, 0.29) is 10.3 Å². The van der Waals surface area contributed by atoms with Crippen LogP contribution in [-0.4, -0.2) is 29.0 Å². The van der Waals surface area contributed by atoms with E-state index in [1.165, 1.54) is 0 Å². The largest absolute Gasteiger partial charge is 0.464 e. The van der Waals surface area contributed by atoms with E-state index in [4.69, 9.17) is 0 Å². The van der Waals surface area contributed by atoms with E-state index < -0.39 is 18.7 Å². The van der Waals surface area contributed by atoms with Gasteiger partial charge in [0.2, 0.25) is 0 Å². The van der Waals surface area contributed by atoms with E-state index in [0.717, 1.165) is 13.2 Å². The number of hydrogen-bond acceptors (Lipinski definition) is 3. The van der Waals surface area contributed by atoms with Crippen molar-refractivity contribution in [1.29, 1.82) is 0 Å². The summed E-state index contributed by atoms with van der Waals surface area (Å²) < 4.78 is 41.1. The van der Waals surface area contributed by atoms with Gasteiger partial charge in [-0.2, -0.15) is 18.3 Å². The second-order valence-electron chi connectivity index (χ2n) is 2.62. The van der Waals surface area contributed by atoms with Crippen LogP contribution in [0.5, 0.6) is 0 Å². The van der Waals surface area contributed by atoms with E-state index >= 15 is 0 Å². The van der Waals surface area contributed by atoms with Crippen molar-refractivity contribution in [3.8, 4) is 0 Å². The monoisotopic (exact) mass is 286 g/mol. The van der Waals surface area contributed by atoms with Crippen LogP contribution in [0.25, 0.3) is 0 Å². The Morgan fingerprint density at radius 1 is 1.67 bits per heavy atom. The van der Waals surface area contributed by atoms with Crippen molar-refractivity contribution in [3.63, 3.8) is 0 Å². The van der Waals surface area contributed by atoms with E-state index in [1.807, 2.05) is 0 Å². The topological polar surface area (TPSA) is 44.1 Å². The van der Waals surface area contributed by atoms with Crippen LogP contribution in [0, 0.1) is 0 Å². The van der Waals surface area contributed by atoms with Crippen molar-refractivity contribution >= 4 is 21.9 Å². The van der Waals surface area contributed by atoms with Crippen LogP contribution in [0.2, 0.25) is 0 Å². The molecule has 0 amide bonds. The number of ether oxygens (including phenoxy) is 1. The summed E-state index contributed by atoms with van der Waals surface area (Å²) in [5, 5.41) is 3.44. The minimum absolute atomic E-state index is 0.0697. The smallest absolute Gasteiger partial charge is 0.408 e. The van der Waals surface area contributed by atoms with Gasteiger partial charge in [0, 0.05) is 6.07 Å². The molecule has 0 unspecified atom stereocenters. The highest BCUT2D eigenvalue weighted by Gasteiger charge is 2.30. The van der Waals surface area contributed by atoms with Gasteiger partial charge < -0.3 is 4.74 Å². The van der Waals surface area contributed by atoms with Crippen LogP contribution in [0.15, 0.2) is 10.7 Å². The molecule has 0 saturated heterocycles. The zero-order valence-corrected chi connectivity index (χ0v) is 9.09. The minimum Gasteiger partial charge on any atom is -0.464 e. The van der Waals surface area contributed by atoms with Crippen LogP contribution >= 0.6 is 15.9 Å². The van der Waals surface area contributed by atoms with Gasteiger partial charge in [0.05, 0.1) is 7.11 Å². The van der Waals surface area contributed by atoms with Crippen molar-refractivity contribution in [2.75, 3.05) is 7.11 Å². The summed E-state index contributed by atoms with van der Waals surface area (Å²) in [5.41, 5.74) is -0.173. The van der Waals surface area contributed by atoms with Crippen molar-refractivity contribution in [2.45, 2.75) is 12.7 Å². The highest BCUT2D eigenvalue weighted by molar-refractivity contribution is 9.10. The summed E-state index contributed by atoms with van der Waals surface area (Å²) >= 11 is 2.86. The maximum atomic E-state index is 12.0. The van der Waals surface area contributed by atoms with Gasteiger partial charge >= 0.3 is 12.1 Å². The fraction of sp³-hybridized carbons (Fsp3) is 0.429. The lowest BCUT2D eigenvalue weighted by atomic mass is 10.4. The molecule has 0 spiro atoms. The molecule has 0 atom stereocenters. The molecule has 0 bridgehead atoms. The molecule has 8 heteroatoms. The van der Waals surface area contributed by atoms with Gasteiger partial charge in [-0.1, -0.05) is 0 Å². The summed E-state index contributed by atoms with van der Waals surface area (Å²) in [4.78, 5) is 10.9. The van der Waals surface area contributed by atoms with E-state index in [0.29, 0.717) is 4.68 Å². The molecule has 1 aromatic heterocycles. The Balaban J connectivity index is 2.92. The maximum Gasteiger partial charge on any atom is 0.408 e. The highest BCUT2D eigenvalue weighted by atomic mass is 79.9. The average Bonchev–Trinajstić information content (AvgIpc) is 2.44. The zero-order valence-electron chi connectivity index (χ0n) is 7.51. The molecule has 84 valence electrons. The van der Waals surface area contributed by atoms with Gasteiger partial charge in [-0.25, -0.2) is 9.48 Å². The van der Waals surface area contributed by atoms with Crippen LogP contribution < -0.4 is 0 Å². The van der Waals surface area contributed by atoms with Crippen molar-refractivity contribution in [3.05, 3.63) is 16.4 Å². The summed E-state index contributed by atoms with van der Waals surface area (Å²) in [5.74, 6) is -0.781. The Labute approximate surface area is 91.1 Å². The number of rotatable bonds is 2. The van der Waals surface area contributed by atoms with Crippen molar-refractivity contribution in [1.82, 2.24) is 9.78 Å². The molecule has 1 aromatic rings. The maximum absolute atomic E-state index is 12.0. The Morgan fingerprint density at radius 3 is 2.73 bits per heavy atom. The van der Waals surface area contributed by atoms with Crippen molar-refractivity contribution in [2.24, 2.45) is 0 Å². The third-order valence-corrected chi connectivity index (χ3v) is 2.09. The highest BCUT2D eigenvalue weighted by Crippen LogP contribution is 2.21. The molecule has 0 saturated carbocycles.